The number of guanidine groups is 1. The van der Waals surface area contributed by atoms with Crippen molar-refractivity contribution in [2.45, 2.75) is 24.0 Å². The van der Waals surface area contributed by atoms with Crippen LogP contribution in [0.1, 0.15) is 19.3 Å². The van der Waals surface area contributed by atoms with Gasteiger partial charge in [-0.05, 0) is 19.1 Å². The van der Waals surface area contributed by atoms with E-state index in [1.807, 2.05) is 11.8 Å². The number of hydrazine groups is 1. The van der Waals surface area contributed by atoms with Crippen LogP contribution in [0.15, 0.2) is 4.99 Å². The lowest BCUT2D eigenvalue weighted by Crippen LogP contribution is -2.50. The number of nitrogens with zero attached hydrogens (tertiary/aromatic N) is 1. The average molecular weight is 202 g/mol. The van der Waals surface area contributed by atoms with Gasteiger partial charge in [0.15, 0.2) is 0 Å². The van der Waals surface area contributed by atoms with E-state index in [-0.39, 0.29) is 0 Å². The molecule has 0 amide bonds. The first kappa shape index (κ1) is 10.7. The summed E-state index contributed by atoms with van der Waals surface area (Å²) in [6.07, 6.45) is 6.10. The van der Waals surface area contributed by atoms with E-state index >= 15 is 0 Å². The fourth-order valence-electron chi connectivity index (χ4n) is 1.46. The minimum absolute atomic E-state index is 0.423. The average Bonchev–Trinajstić information content (AvgIpc) is 2.10. The van der Waals surface area contributed by atoms with Crippen LogP contribution in [-0.4, -0.2) is 30.6 Å². The highest BCUT2D eigenvalue weighted by atomic mass is 32.2. The maximum atomic E-state index is 5.26. The molecule has 0 aromatic carbocycles. The van der Waals surface area contributed by atoms with Crippen LogP contribution < -0.4 is 16.6 Å². The molecule has 1 fully saturated rings. The number of aliphatic imine (C=N–C) groups is 1. The fraction of sp³-hybridized carbons (Fsp3) is 0.875. The molecule has 4 nitrogen and oxygen atoms in total. The van der Waals surface area contributed by atoms with Crippen molar-refractivity contribution in [1.82, 2.24) is 10.7 Å². The maximum Gasteiger partial charge on any atom is 0.205 e. The van der Waals surface area contributed by atoms with Gasteiger partial charge in [-0.3, -0.25) is 10.4 Å². The van der Waals surface area contributed by atoms with Crippen LogP contribution >= 0.6 is 11.8 Å². The molecule has 0 aliphatic heterocycles. The number of thioether (sulfide) groups is 1. The second-order valence-corrected chi connectivity index (χ2v) is 4.59. The van der Waals surface area contributed by atoms with Crippen molar-refractivity contribution in [2.24, 2.45) is 10.8 Å². The summed E-state index contributed by atoms with van der Waals surface area (Å²) in [4.78, 5) is 3.96. The first-order valence-electron chi connectivity index (χ1n) is 4.49. The van der Waals surface area contributed by atoms with E-state index in [1.54, 1.807) is 7.05 Å². The van der Waals surface area contributed by atoms with Gasteiger partial charge in [0.25, 0.3) is 0 Å². The van der Waals surface area contributed by atoms with E-state index < -0.39 is 0 Å². The second kappa shape index (κ2) is 4.72. The lowest BCUT2D eigenvalue weighted by molar-refractivity contribution is 0.360. The Morgan fingerprint density at radius 3 is 2.62 bits per heavy atom. The van der Waals surface area contributed by atoms with Crippen LogP contribution in [0.4, 0.5) is 0 Å². The zero-order valence-electron chi connectivity index (χ0n) is 8.26. The smallest absolute Gasteiger partial charge is 0.205 e. The van der Waals surface area contributed by atoms with E-state index in [2.05, 4.69) is 22.0 Å². The molecule has 0 radical (unpaired) electrons. The van der Waals surface area contributed by atoms with Crippen molar-refractivity contribution in [3.63, 3.8) is 0 Å². The lowest BCUT2D eigenvalue weighted by atomic mass is 9.84. The summed E-state index contributed by atoms with van der Waals surface area (Å²) in [5, 5.41) is 3.21. The quantitative estimate of drug-likeness (QED) is 0.267. The Kier molecular flexibility index (Phi) is 3.87. The second-order valence-electron chi connectivity index (χ2n) is 3.31. The highest BCUT2D eigenvalue weighted by Gasteiger charge is 2.35. The molecule has 0 bridgehead atoms. The molecule has 1 aliphatic carbocycles. The van der Waals surface area contributed by atoms with Crippen LogP contribution in [0, 0.1) is 0 Å². The van der Waals surface area contributed by atoms with Gasteiger partial charge in [0, 0.05) is 18.3 Å². The van der Waals surface area contributed by atoms with E-state index in [0.717, 1.165) is 6.54 Å². The van der Waals surface area contributed by atoms with E-state index in [9.17, 15) is 0 Å². The first-order valence-corrected chi connectivity index (χ1v) is 5.71. The van der Waals surface area contributed by atoms with Gasteiger partial charge in [0.1, 0.15) is 0 Å². The van der Waals surface area contributed by atoms with Crippen molar-refractivity contribution in [3.05, 3.63) is 0 Å². The Morgan fingerprint density at radius 2 is 2.31 bits per heavy atom. The summed E-state index contributed by atoms with van der Waals surface area (Å²) >= 11 is 1.94. The summed E-state index contributed by atoms with van der Waals surface area (Å²) in [6, 6.07) is 0. The molecule has 1 aliphatic rings. The topological polar surface area (TPSA) is 62.4 Å². The Hall–Kier alpha value is -0.420. The molecule has 1 rings (SSSR count). The molecule has 13 heavy (non-hydrogen) atoms. The Morgan fingerprint density at radius 1 is 1.62 bits per heavy atom. The molecular formula is C8H18N4S. The minimum atomic E-state index is 0.423. The number of hydrogen-bond acceptors (Lipinski definition) is 3. The highest BCUT2D eigenvalue weighted by Crippen LogP contribution is 2.41. The summed E-state index contributed by atoms with van der Waals surface area (Å²) in [5.74, 6) is 5.93. The van der Waals surface area contributed by atoms with Gasteiger partial charge in [-0.25, -0.2) is 5.84 Å². The molecule has 0 aromatic rings. The molecule has 5 heteroatoms. The van der Waals surface area contributed by atoms with Crippen LogP contribution in [-0.2, 0) is 0 Å². The van der Waals surface area contributed by atoms with Crippen molar-refractivity contribution in [2.75, 3.05) is 19.8 Å². The lowest BCUT2D eigenvalue weighted by Gasteiger charge is -2.40. The summed E-state index contributed by atoms with van der Waals surface area (Å²) < 4.78 is 0.423. The van der Waals surface area contributed by atoms with Gasteiger partial charge in [-0.1, -0.05) is 6.42 Å². The Labute approximate surface area is 83.7 Å². The normalized spacial score (nSPS) is 20.7. The Balaban J connectivity index is 2.31. The van der Waals surface area contributed by atoms with Crippen LogP contribution in [0.25, 0.3) is 0 Å². The monoisotopic (exact) mass is 202 g/mol. The van der Waals surface area contributed by atoms with Gasteiger partial charge >= 0.3 is 0 Å². The van der Waals surface area contributed by atoms with Crippen molar-refractivity contribution in [1.29, 1.82) is 0 Å². The fourth-order valence-corrected chi connectivity index (χ4v) is 2.38. The Bertz CT molecular complexity index is 183. The van der Waals surface area contributed by atoms with Crippen LogP contribution in [0.3, 0.4) is 0 Å². The number of hydrogen-bond donors (Lipinski definition) is 3. The third-order valence-corrected chi connectivity index (χ3v) is 4.05. The van der Waals surface area contributed by atoms with Gasteiger partial charge in [-0.2, -0.15) is 11.8 Å². The zero-order valence-corrected chi connectivity index (χ0v) is 9.08. The summed E-state index contributed by atoms with van der Waals surface area (Å²) in [6.45, 7) is 0.949. The summed E-state index contributed by atoms with van der Waals surface area (Å²) in [5.41, 5.74) is 2.53. The van der Waals surface area contributed by atoms with Crippen molar-refractivity contribution in [3.8, 4) is 0 Å². The van der Waals surface area contributed by atoms with Crippen molar-refractivity contribution < 1.29 is 0 Å². The van der Waals surface area contributed by atoms with Gasteiger partial charge in [-0.15, -0.1) is 0 Å². The molecule has 0 saturated heterocycles. The highest BCUT2D eigenvalue weighted by molar-refractivity contribution is 8.00. The summed E-state index contributed by atoms with van der Waals surface area (Å²) in [7, 11) is 1.72. The third kappa shape index (κ3) is 2.51. The molecule has 0 aromatic heterocycles. The predicted octanol–water partition coefficient (Wildman–Crippen LogP) is 0.311. The number of nitrogens with one attached hydrogen (secondary N) is 2. The van der Waals surface area contributed by atoms with E-state index in [0.29, 0.717) is 10.7 Å². The molecule has 0 unspecified atom stereocenters. The molecule has 1 saturated carbocycles. The molecule has 0 atom stereocenters. The van der Waals surface area contributed by atoms with Crippen molar-refractivity contribution >= 4 is 17.7 Å². The molecule has 0 heterocycles. The minimum Gasteiger partial charge on any atom is -0.354 e. The maximum absolute atomic E-state index is 5.26. The van der Waals surface area contributed by atoms with Crippen LogP contribution in [0.5, 0.6) is 0 Å². The molecule has 0 spiro atoms. The van der Waals surface area contributed by atoms with E-state index in [1.165, 1.54) is 19.3 Å². The number of rotatable bonds is 3. The number of nitrogens with two attached hydrogens (primary N) is 1. The molecule has 4 N–H and O–H groups in total. The van der Waals surface area contributed by atoms with Gasteiger partial charge in [0.05, 0.1) is 0 Å². The van der Waals surface area contributed by atoms with Gasteiger partial charge in [0.2, 0.25) is 5.96 Å². The van der Waals surface area contributed by atoms with E-state index in [4.69, 9.17) is 5.84 Å². The molecule has 76 valence electrons. The standard InChI is InChI=1S/C8H18N4S/c1-10-7(12-9)11-6-8(13-2)4-3-5-8/h3-6,9H2,1-2H3,(H2,10,11,12). The molecular weight excluding hydrogens is 184 g/mol. The van der Waals surface area contributed by atoms with Gasteiger partial charge < -0.3 is 5.32 Å². The zero-order chi connectivity index (χ0) is 9.73. The first-order chi connectivity index (χ1) is 6.26. The third-order valence-electron chi connectivity index (χ3n) is 2.64. The predicted molar refractivity (Wildman–Crippen MR) is 58.8 cm³/mol. The SMILES string of the molecule is CN=C(NN)NCC1(SC)CCC1. The largest absolute Gasteiger partial charge is 0.354 e. The van der Waals surface area contributed by atoms with Crippen LogP contribution in [0.2, 0.25) is 0 Å².